The molecule has 3 nitrogen and oxygen atoms in total. The van der Waals surface area contributed by atoms with Crippen LogP contribution in [-0.4, -0.2) is 30.6 Å². The summed E-state index contributed by atoms with van der Waals surface area (Å²) in [6, 6.07) is 6.47. The standard InChI is InChI=1S/C15H23ClN2O.ClH/c1-11(17)15-5-3-4-8-18(15)10-12-9-13(19-2)6-7-14(12)16;/h6-7,9,11,15H,3-5,8,10,17H2,1-2H3;1H. The lowest BCUT2D eigenvalue weighted by Gasteiger charge is -2.38. The van der Waals surface area contributed by atoms with Crippen LogP contribution in [0.4, 0.5) is 0 Å². The van der Waals surface area contributed by atoms with Gasteiger partial charge in [0.05, 0.1) is 7.11 Å². The highest BCUT2D eigenvalue weighted by atomic mass is 35.5. The molecule has 0 radical (unpaired) electrons. The van der Waals surface area contributed by atoms with Crippen molar-refractivity contribution in [2.24, 2.45) is 5.73 Å². The Hall–Kier alpha value is -0.480. The number of benzene rings is 1. The monoisotopic (exact) mass is 318 g/mol. The van der Waals surface area contributed by atoms with Crippen molar-refractivity contribution < 1.29 is 4.74 Å². The average Bonchev–Trinajstić information content (AvgIpc) is 2.41. The normalized spacial score (nSPS) is 21.1. The molecule has 1 aliphatic heterocycles. The molecule has 1 aromatic rings. The van der Waals surface area contributed by atoms with Gasteiger partial charge in [0, 0.05) is 23.7 Å². The van der Waals surface area contributed by atoms with Crippen LogP contribution in [-0.2, 0) is 6.54 Å². The summed E-state index contributed by atoms with van der Waals surface area (Å²) in [5, 5.41) is 0.801. The van der Waals surface area contributed by atoms with Gasteiger partial charge in [-0.1, -0.05) is 18.0 Å². The molecule has 2 rings (SSSR count). The maximum atomic E-state index is 6.29. The van der Waals surface area contributed by atoms with Crippen molar-refractivity contribution >= 4 is 24.0 Å². The molecule has 2 atom stereocenters. The zero-order valence-electron chi connectivity index (χ0n) is 12.1. The van der Waals surface area contributed by atoms with Crippen molar-refractivity contribution in [1.82, 2.24) is 4.90 Å². The molecule has 0 saturated carbocycles. The topological polar surface area (TPSA) is 38.5 Å². The SMILES string of the molecule is COc1ccc(Cl)c(CN2CCCCC2C(C)N)c1.Cl. The van der Waals surface area contributed by atoms with Crippen molar-refractivity contribution in [1.29, 1.82) is 0 Å². The van der Waals surface area contributed by atoms with Crippen LogP contribution in [0.3, 0.4) is 0 Å². The predicted octanol–water partition coefficient (Wildman–Crippen LogP) is 3.47. The van der Waals surface area contributed by atoms with Gasteiger partial charge in [-0.05, 0) is 50.1 Å². The van der Waals surface area contributed by atoms with Crippen LogP contribution in [0, 0.1) is 0 Å². The predicted molar refractivity (Wildman–Crippen MR) is 87.0 cm³/mol. The molecule has 1 aromatic carbocycles. The molecule has 20 heavy (non-hydrogen) atoms. The summed E-state index contributed by atoms with van der Waals surface area (Å²) in [5.41, 5.74) is 7.23. The molecule has 2 N–H and O–H groups in total. The van der Waals surface area contributed by atoms with Gasteiger partial charge < -0.3 is 10.5 Å². The Bertz CT molecular complexity index is 426. The van der Waals surface area contributed by atoms with E-state index < -0.39 is 0 Å². The maximum absolute atomic E-state index is 6.29. The molecule has 0 aliphatic carbocycles. The Morgan fingerprint density at radius 1 is 1.45 bits per heavy atom. The van der Waals surface area contributed by atoms with Crippen LogP contribution >= 0.6 is 24.0 Å². The number of nitrogens with two attached hydrogens (primary N) is 1. The number of halogens is 2. The number of piperidine rings is 1. The van der Waals surface area contributed by atoms with Gasteiger partial charge in [-0.15, -0.1) is 12.4 Å². The van der Waals surface area contributed by atoms with Gasteiger partial charge in [-0.3, -0.25) is 4.90 Å². The quantitative estimate of drug-likeness (QED) is 0.923. The number of hydrogen-bond acceptors (Lipinski definition) is 3. The molecule has 2 unspecified atom stereocenters. The van der Waals surface area contributed by atoms with Gasteiger partial charge in [0.2, 0.25) is 0 Å². The highest BCUT2D eigenvalue weighted by molar-refractivity contribution is 6.31. The van der Waals surface area contributed by atoms with Crippen LogP contribution in [0.15, 0.2) is 18.2 Å². The molecule has 1 saturated heterocycles. The second-order valence-corrected chi connectivity index (χ2v) is 5.76. The van der Waals surface area contributed by atoms with Crippen molar-refractivity contribution in [2.75, 3.05) is 13.7 Å². The number of nitrogens with zero attached hydrogens (tertiary/aromatic N) is 1. The van der Waals surface area contributed by atoms with Crippen LogP contribution in [0.1, 0.15) is 31.7 Å². The van der Waals surface area contributed by atoms with Gasteiger partial charge in [0.15, 0.2) is 0 Å². The maximum Gasteiger partial charge on any atom is 0.119 e. The third-order valence-electron chi connectivity index (χ3n) is 3.90. The van der Waals surface area contributed by atoms with E-state index in [0.29, 0.717) is 6.04 Å². The van der Waals surface area contributed by atoms with Gasteiger partial charge in [0.1, 0.15) is 5.75 Å². The average molecular weight is 319 g/mol. The van der Waals surface area contributed by atoms with E-state index in [1.807, 2.05) is 18.2 Å². The zero-order valence-corrected chi connectivity index (χ0v) is 13.7. The lowest BCUT2D eigenvalue weighted by Crippen LogP contribution is -2.48. The van der Waals surface area contributed by atoms with Crippen LogP contribution < -0.4 is 10.5 Å². The van der Waals surface area contributed by atoms with Crippen LogP contribution in [0.5, 0.6) is 5.75 Å². The molecule has 1 fully saturated rings. The van der Waals surface area contributed by atoms with E-state index in [9.17, 15) is 0 Å². The molecule has 1 aliphatic rings. The molecule has 0 aromatic heterocycles. The first-order chi connectivity index (χ1) is 9.11. The summed E-state index contributed by atoms with van der Waals surface area (Å²) >= 11 is 6.29. The first-order valence-electron chi connectivity index (χ1n) is 6.94. The van der Waals surface area contributed by atoms with Crippen LogP contribution in [0.2, 0.25) is 5.02 Å². The summed E-state index contributed by atoms with van der Waals surface area (Å²) in [4.78, 5) is 2.45. The first-order valence-corrected chi connectivity index (χ1v) is 7.31. The van der Waals surface area contributed by atoms with E-state index in [1.54, 1.807) is 7.11 Å². The van der Waals surface area contributed by atoms with Crippen molar-refractivity contribution in [2.45, 2.75) is 44.8 Å². The molecule has 114 valence electrons. The van der Waals surface area contributed by atoms with Crippen LogP contribution in [0.25, 0.3) is 0 Å². The third-order valence-corrected chi connectivity index (χ3v) is 4.27. The van der Waals surface area contributed by atoms with Crippen molar-refractivity contribution in [3.8, 4) is 5.75 Å². The summed E-state index contributed by atoms with van der Waals surface area (Å²) in [6.07, 6.45) is 3.69. The summed E-state index contributed by atoms with van der Waals surface area (Å²) in [7, 11) is 1.68. The number of ether oxygens (including phenoxy) is 1. The minimum absolute atomic E-state index is 0. The molecule has 0 spiro atoms. The Kier molecular flexibility index (Phi) is 7.10. The highest BCUT2D eigenvalue weighted by Crippen LogP contribution is 2.27. The minimum Gasteiger partial charge on any atom is -0.497 e. The second-order valence-electron chi connectivity index (χ2n) is 5.35. The Morgan fingerprint density at radius 3 is 2.85 bits per heavy atom. The molecule has 5 heteroatoms. The lowest BCUT2D eigenvalue weighted by molar-refractivity contribution is 0.123. The summed E-state index contributed by atoms with van der Waals surface area (Å²) in [5.74, 6) is 0.855. The second kappa shape index (κ2) is 8.08. The lowest BCUT2D eigenvalue weighted by atomic mass is 9.96. The van der Waals surface area contributed by atoms with Gasteiger partial charge >= 0.3 is 0 Å². The van der Waals surface area contributed by atoms with E-state index in [1.165, 1.54) is 19.3 Å². The minimum atomic E-state index is 0. The molecular weight excluding hydrogens is 295 g/mol. The molecule has 1 heterocycles. The third kappa shape index (κ3) is 4.26. The van der Waals surface area contributed by atoms with E-state index >= 15 is 0 Å². The van der Waals surface area contributed by atoms with Gasteiger partial charge in [-0.2, -0.15) is 0 Å². The number of rotatable bonds is 4. The fourth-order valence-electron chi connectivity index (χ4n) is 2.83. The zero-order chi connectivity index (χ0) is 13.8. The van der Waals surface area contributed by atoms with E-state index in [0.717, 1.165) is 29.4 Å². The Labute approximate surface area is 132 Å². The van der Waals surface area contributed by atoms with Crippen molar-refractivity contribution in [3.63, 3.8) is 0 Å². The number of likely N-dealkylation sites (tertiary alicyclic amines) is 1. The first kappa shape index (κ1) is 17.6. The number of hydrogen-bond donors (Lipinski definition) is 1. The summed E-state index contributed by atoms with van der Waals surface area (Å²) < 4.78 is 5.27. The highest BCUT2D eigenvalue weighted by Gasteiger charge is 2.25. The fraction of sp³-hybridized carbons (Fsp3) is 0.600. The molecule has 0 amide bonds. The van der Waals surface area contributed by atoms with E-state index in [4.69, 9.17) is 22.1 Å². The number of methoxy groups -OCH3 is 1. The van der Waals surface area contributed by atoms with E-state index in [-0.39, 0.29) is 18.4 Å². The van der Waals surface area contributed by atoms with Gasteiger partial charge in [-0.25, -0.2) is 0 Å². The molecular formula is C15H24Cl2N2O. The Morgan fingerprint density at radius 2 is 2.20 bits per heavy atom. The molecule has 0 bridgehead atoms. The van der Waals surface area contributed by atoms with Gasteiger partial charge in [0.25, 0.3) is 0 Å². The largest absolute Gasteiger partial charge is 0.497 e. The smallest absolute Gasteiger partial charge is 0.119 e. The Balaban J connectivity index is 0.00000200. The van der Waals surface area contributed by atoms with E-state index in [2.05, 4.69) is 11.8 Å². The van der Waals surface area contributed by atoms with Crippen molar-refractivity contribution in [3.05, 3.63) is 28.8 Å². The summed E-state index contributed by atoms with van der Waals surface area (Å²) in [6.45, 7) is 4.04. The fourth-order valence-corrected chi connectivity index (χ4v) is 3.00.